The van der Waals surface area contributed by atoms with Crippen molar-refractivity contribution in [1.29, 1.82) is 0 Å². The molecule has 1 aromatic heterocycles. The van der Waals surface area contributed by atoms with Gasteiger partial charge in [-0.15, -0.1) is 0 Å². The van der Waals surface area contributed by atoms with Crippen LogP contribution >= 0.6 is 0 Å². The molecule has 0 spiro atoms. The summed E-state index contributed by atoms with van der Waals surface area (Å²) >= 11 is 0. The van der Waals surface area contributed by atoms with Gasteiger partial charge in [-0.1, -0.05) is 0 Å². The first kappa shape index (κ1) is 12.6. The molecule has 18 heavy (non-hydrogen) atoms. The summed E-state index contributed by atoms with van der Waals surface area (Å²) in [4.78, 5) is 22.4. The number of primary amides is 1. The third-order valence-electron chi connectivity index (χ3n) is 3.64. The molecule has 1 aliphatic rings. The molecule has 1 aliphatic carbocycles. The van der Waals surface area contributed by atoms with E-state index in [1.165, 1.54) is 0 Å². The highest BCUT2D eigenvalue weighted by atomic mass is 16.1. The zero-order chi connectivity index (χ0) is 13.3. The van der Waals surface area contributed by atoms with Crippen LogP contribution in [0.5, 0.6) is 0 Å². The van der Waals surface area contributed by atoms with E-state index in [-0.39, 0.29) is 23.4 Å². The fourth-order valence-corrected chi connectivity index (χ4v) is 2.53. The molecule has 0 aromatic carbocycles. The van der Waals surface area contributed by atoms with Gasteiger partial charge in [-0.25, -0.2) is 0 Å². The molecule has 2 rings (SSSR count). The lowest BCUT2D eigenvalue weighted by molar-refractivity contribution is -0.121. The van der Waals surface area contributed by atoms with Crippen LogP contribution in [0.3, 0.4) is 0 Å². The number of ketones is 1. The SMILES string of the molecule is CC(=O)C1CCC(n2cc(N)c(C(N)=O)n2)CC1. The number of anilines is 1. The minimum atomic E-state index is -0.608. The van der Waals surface area contributed by atoms with E-state index in [1.54, 1.807) is 17.8 Å². The zero-order valence-electron chi connectivity index (χ0n) is 10.4. The summed E-state index contributed by atoms with van der Waals surface area (Å²) < 4.78 is 1.71. The molecule has 1 heterocycles. The molecule has 1 saturated carbocycles. The maximum atomic E-state index is 11.3. The van der Waals surface area contributed by atoms with Crippen molar-refractivity contribution in [2.45, 2.75) is 38.6 Å². The number of hydrogen-bond donors (Lipinski definition) is 2. The monoisotopic (exact) mass is 250 g/mol. The van der Waals surface area contributed by atoms with Crippen molar-refractivity contribution in [2.24, 2.45) is 11.7 Å². The van der Waals surface area contributed by atoms with Gasteiger partial charge in [0.1, 0.15) is 5.78 Å². The van der Waals surface area contributed by atoms with Crippen LogP contribution in [0.2, 0.25) is 0 Å². The highest BCUT2D eigenvalue weighted by Gasteiger charge is 2.26. The van der Waals surface area contributed by atoms with Crippen molar-refractivity contribution < 1.29 is 9.59 Å². The molecule has 0 radical (unpaired) electrons. The van der Waals surface area contributed by atoms with E-state index in [4.69, 9.17) is 11.5 Å². The predicted octanol–water partition coefficient (Wildman–Crippen LogP) is 0.884. The van der Waals surface area contributed by atoms with Crippen molar-refractivity contribution in [3.8, 4) is 0 Å². The number of carbonyl (C=O) groups is 2. The number of aromatic nitrogens is 2. The van der Waals surface area contributed by atoms with E-state index >= 15 is 0 Å². The summed E-state index contributed by atoms with van der Waals surface area (Å²) in [5.41, 5.74) is 11.3. The van der Waals surface area contributed by atoms with E-state index in [0.717, 1.165) is 25.7 Å². The molecule has 0 aliphatic heterocycles. The maximum absolute atomic E-state index is 11.3. The number of rotatable bonds is 3. The Bertz CT molecular complexity index is 472. The van der Waals surface area contributed by atoms with Crippen molar-refractivity contribution in [2.75, 3.05) is 5.73 Å². The number of carbonyl (C=O) groups excluding carboxylic acids is 2. The van der Waals surface area contributed by atoms with Gasteiger partial charge >= 0.3 is 0 Å². The molecule has 0 bridgehead atoms. The van der Waals surface area contributed by atoms with Gasteiger partial charge in [0.25, 0.3) is 5.91 Å². The van der Waals surface area contributed by atoms with Crippen molar-refractivity contribution >= 4 is 17.4 Å². The van der Waals surface area contributed by atoms with Gasteiger partial charge in [0.15, 0.2) is 5.69 Å². The standard InChI is InChI=1S/C12H18N4O2/c1-7(17)8-2-4-9(5-3-8)16-6-10(13)11(15-16)12(14)18/h6,8-9H,2-5,13H2,1H3,(H2,14,18). The maximum Gasteiger partial charge on any atom is 0.271 e. The van der Waals surface area contributed by atoms with Crippen molar-refractivity contribution in [1.82, 2.24) is 9.78 Å². The molecule has 4 N–H and O–H groups in total. The molecule has 0 unspecified atom stereocenters. The van der Waals surface area contributed by atoms with Crippen LogP contribution in [0, 0.1) is 5.92 Å². The van der Waals surface area contributed by atoms with Gasteiger partial charge in [0.2, 0.25) is 0 Å². The number of amides is 1. The largest absolute Gasteiger partial charge is 0.396 e. The van der Waals surface area contributed by atoms with Crippen LogP contribution in [0.1, 0.15) is 49.1 Å². The predicted molar refractivity (Wildman–Crippen MR) is 66.8 cm³/mol. The fourth-order valence-electron chi connectivity index (χ4n) is 2.53. The molecule has 0 saturated heterocycles. The fraction of sp³-hybridized carbons (Fsp3) is 0.583. The number of hydrogen-bond acceptors (Lipinski definition) is 4. The molecular formula is C12H18N4O2. The molecule has 98 valence electrons. The Hall–Kier alpha value is -1.85. The average molecular weight is 250 g/mol. The Balaban J connectivity index is 2.08. The summed E-state index contributed by atoms with van der Waals surface area (Å²) in [6.07, 6.45) is 5.14. The van der Waals surface area contributed by atoms with Gasteiger partial charge in [0.05, 0.1) is 11.7 Å². The first-order valence-electron chi connectivity index (χ1n) is 6.14. The van der Waals surface area contributed by atoms with Gasteiger partial charge in [0, 0.05) is 12.1 Å². The van der Waals surface area contributed by atoms with E-state index in [1.807, 2.05) is 0 Å². The molecule has 6 heteroatoms. The van der Waals surface area contributed by atoms with Gasteiger partial charge in [-0.05, 0) is 32.6 Å². The van der Waals surface area contributed by atoms with E-state index in [2.05, 4.69) is 5.10 Å². The first-order chi connectivity index (χ1) is 8.49. The lowest BCUT2D eigenvalue weighted by atomic mass is 9.84. The summed E-state index contributed by atoms with van der Waals surface area (Å²) in [5.74, 6) is -0.181. The highest BCUT2D eigenvalue weighted by Crippen LogP contribution is 2.32. The second-order valence-corrected chi connectivity index (χ2v) is 4.89. The smallest absolute Gasteiger partial charge is 0.271 e. The Labute approximate surface area is 105 Å². The van der Waals surface area contributed by atoms with Crippen LogP contribution in [0.4, 0.5) is 5.69 Å². The lowest BCUT2D eigenvalue weighted by Gasteiger charge is -2.27. The average Bonchev–Trinajstić information content (AvgIpc) is 2.71. The molecular weight excluding hydrogens is 232 g/mol. The van der Waals surface area contributed by atoms with Crippen LogP contribution in [0.25, 0.3) is 0 Å². The normalized spacial score (nSPS) is 23.8. The number of nitrogen functional groups attached to an aromatic ring is 1. The van der Waals surface area contributed by atoms with Crippen molar-refractivity contribution in [3.63, 3.8) is 0 Å². The van der Waals surface area contributed by atoms with Crippen LogP contribution < -0.4 is 11.5 Å². The van der Waals surface area contributed by atoms with Crippen molar-refractivity contribution in [3.05, 3.63) is 11.9 Å². The molecule has 1 fully saturated rings. The third-order valence-corrected chi connectivity index (χ3v) is 3.64. The van der Waals surface area contributed by atoms with Crippen LogP contribution in [-0.4, -0.2) is 21.5 Å². The first-order valence-corrected chi connectivity index (χ1v) is 6.14. The second-order valence-electron chi connectivity index (χ2n) is 4.89. The Morgan fingerprint density at radius 1 is 1.33 bits per heavy atom. The Morgan fingerprint density at radius 2 is 1.94 bits per heavy atom. The van der Waals surface area contributed by atoms with Gasteiger partial charge < -0.3 is 11.5 Å². The summed E-state index contributed by atoms with van der Waals surface area (Å²) in [6, 6.07) is 0.205. The molecule has 1 aromatic rings. The van der Waals surface area contributed by atoms with Crippen LogP contribution in [0.15, 0.2) is 6.20 Å². The van der Waals surface area contributed by atoms with E-state index in [0.29, 0.717) is 5.69 Å². The van der Waals surface area contributed by atoms with Crippen LogP contribution in [-0.2, 0) is 4.79 Å². The summed E-state index contributed by atoms with van der Waals surface area (Å²) in [7, 11) is 0. The summed E-state index contributed by atoms with van der Waals surface area (Å²) in [5, 5.41) is 4.14. The zero-order valence-corrected chi connectivity index (χ0v) is 10.4. The minimum Gasteiger partial charge on any atom is -0.396 e. The van der Waals surface area contributed by atoms with Gasteiger partial charge in [-0.2, -0.15) is 5.10 Å². The second kappa shape index (κ2) is 4.80. The molecule has 1 amide bonds. The summed E-state index contributed by atoms with van der Waals surface area (Å²) in [6.45, 7) is 1.64. The van der Waals surface area contributed by atoms with E-state index in [9.17, 15) is 9.59 Å². The lowest BCUT2D eigenvalue weighted by Crippen LogP contribution is -2.23. The third kappa shape index (κ3) is 2.37. The highest BCUT2D eigenvalue weighted by molar-refractivity contribution is 5.95. The van der Waals surface area contributed by atoms with E-state index < -0.39 is 5.91 Å². The van der Waals surface area contributed by atoms with Gasteiger partial charge in [-0.3, -0.25) is 14.3 Å². The minimum absolute atomic E-state index is 0.128. The number of nitrogens with two attached hydrogens (primary N) is 2. The molecule has 0 atom stereocenters. The Morgan fingerprint density at radius 3 is 2.39 bits per heavy atom. The topological polar surface area (TPSA) is 104 Å². The quantitative estimate of drug-likeness (QED) is 0.831. The Kier molecular flexibility index (Phi) is 3.36. The number of nitrogens with zero attached hydrogens (tertiary/aromatic N) is 2. The number of Topliss-reactive ketones (excluding diaryl/α,β-unsaturated/α-hetero) is 1. The molecule has 6 nitrogen and oxygen atoms in total.